The molecule has 7 heteroatoms. The number of nitrogens with zero attached hydrogens (tertiary/aromatic N) is 3. The van der Waals surface area contributed by atoms with Gasteiger partial charge in [-0.25, -0.2) is 0 Å². The molecule has 0 aliphatic carbocycles. The van der Waals surface area contributed by atoms with Crippen LogP contribution in [0.1, 0.15) is 11.6 Å². The molecule has 0 aliphatic heterocycles. The van der Waals surface area contributed by atoms with E-state index < -0.39 is 16.9 Å². The molecular weight excluding hydrogens is 238 g/mol. The van der Waals surface area contributed by atoms with Gasteiger partial charge in [0.2, 0.25) is 0 Å². The van der Waals surface area contributed by atoms with E-state index in [1.807, 2.05) is 6.07 Å². The lowest BCUT2D eigenvalue weighted by Crippen LogP contribution is -2.29. The largest absolute Gasteiger partial charge is 0.480 e. The van der Waals surface area contributed by atoms with Crippen molar-refractivity contribution in [2.45, 2.75) is 6.04 Å². The molecule has 0 radical (unpaired) electrons. The number of para-hydroxylation sites is 1. The van der Waals surface area contributed by atoms with Gasteiger partial charge in [0.15, 0.2) is 0 Å². The summed E-state index contributed by atoms with van der Waals surface area (Å²) < 4.78 is 0. The zero-order valence-electron chi connectivity index (χ0n) is 9.61. The first-order valence-electron chi connectivity index (χ1n) is 5.02. The van der Waals surface area contributed by atoms with E-state index in [-0.39, 0.29) is 17.8 Å². The lowest BCUT2D eigenvalue weighted by Gasteiger charge is -2.20. The standard InChI is InChI=1S/C11H11N3O4/c1-13(7-11(15)16)10(6-12)8-4-2-3-5-9(8)14(17)18/h2-5,10H,7H2,1H3,(H,15,16). The number of rotatable bonds is 5. The predicted octanol–water partition coefficient (Wildman–Crippen LogP) is 1.18. The smallest absolute Gasteiger partial charge is 0.317 e. The molecule has 0 heterocycles. The average molecular weight is 249 g/mol. The van der Waals surface area contributed by atoms with Crippen molar-refractivity contribution >= 4 is 11.7 Å². The first-order chi connectivity index (χ1) is 8.47. The van der Waals surface area contributed by atoms with Crippen LogP contribution in [0.2, 0.25) is 0 Å². The molecule has 0 amide bonds. The molecule has 1 atom stereocenters. The molecule has 94 valence electrons. The van der Waals surface area contributed by atoms with Crippen LogP contribution in [0.15, 0.2) is 24.3 Å². The summed E-state index contributed by atoms with van der Waals surface area (Å²) in [4.78, 5) is 22.1. The van der Waals surface area contributed by atoms with E-state index in [1.165, 1.54) is 30.1 Å². The van der Waals surface area contributed by atoms with Crippen LogP contribution in [-0.2, 0) is 4.79 Å². The summed E-state index contributed by atoms with van der Waals surface area (Å²) in [5.74, 6) is -1.10. The van der Waals surface area contributed by atoms with Gasteiger partial charge in [-0.1, -0.05) is 12.1 Å². The minimum Gasteiger partial charge on any atom is -0.480 e. The van der Waals surface area contributed by atoms with Crippen molar-refractivity contribution in [3.05, 3.63) is 39.9 Å². The van der Waals surface area contributed by atoms with Crippen LogP contribution >= 0.6 is 0 Å². The number of nitro groups is 1. The van der Waals surface area contributed by atoms with Crippen molar-refractivity contribution < 1.29 is 14.8 Å². The lowest BCUT2D eigenvalue weighted by molar-refractivity contribution is -0.385. The minimum atomic E-state index is -1.10. The Labute approximate surface area is 103 Å². The van der Waals surface area contributed by atoms with Gasteiger partial charge in [-0.2, -0.15) is 5.26 Å². The zero-order valence-corrected chi connectivity index (χ0v) is 9.61. The number of aliphatic carboxylic acids is 1. The Kier molecular flexibility index (Phi) is 4.34. The molecule has 1 N–H and O–H groups in total. The van der Waals surface area contributed by atoms with Crippen molar-refractivity contribution in [1.29, 1.82) is 5.26 Å². The number of carboxylic acid groups (broad SMARTS) is 1. The molecule has 0 aliphatic rings. The number of nitro benzene ring substituents is 1. The van der Waals surface area contributed by atoms with Gasteiger partial charge in [0, 0.05) is 6.07 Å². The Morgan fingerprint density at radius 3 is 2.72 bits per heavy atom. The van der Waals surface area contributed by atoms with Gasteiger partial charge in [0.25, 0.3) is 5.69 Å². The highest BCUT2D eigenvalue weighted by molar-refractivity contribution is 5.69. The summed E-state index contributed by atoms with van der Waals surface area (Å²) in [6.45, 7) is -0.371. The fourth-order valence-electron chi connectivity index (χ4n) is 1.60. The SMILES string of the molecule is CN(CC(=O)O)C(C#N)c1ccccc1[N+](=O)[O-]. The average Bonchev–Trinajstić information content (AvgIpc) is 2.29. The van der Waals surface area contributed by atoms with Crippen molar-refractivity contribution in [3.63, 3.8) is 0 Å². The molecule has 1 aromatic carbocycles. The highest BCUT2D eigenvalue weighted by Gasteiger charge is 2.25. The Balaban J connectivity index is 3.14. The highest BCUT2D eigenvalue weighted by Crippen LogP contribution is 2.27. The predicted molar refractivity (Wildman–Crippen MR) is 61.7 cm³/mol. The third kappa shape index (κ3) is 3.02. The molecule has 7 nitrogen and oxygen atoms in total. The minimum absolute atomic E-state index is 0.189. The lowest BCUT2D eigenvalue weighted by atomic mass is 10.0. The van der Waals surface area contributed by atoms with E-state index in [1.54, 1.807) is 6.07 Å². The van der Waals surface area contributed by atoms with E-state index in [0.29, 0.717) is 0 Å². The van der Waals surface area contributed by atoms with E-state index >= 15 is 0 Å². The second kappa shape index (κ2) is 5.75. The summed E-state index contributed by atoms with van der Waals surface area (Å²) in [6.07, 6.45) is 0. The van der Waals surface area contributed by atoms with Crippen molar-refractivity contribution in [3.8, 4) is 6.07 Å². The van der Waals surface area contributed by atoms with Crippen LogP contribution in [-0.4, -0.2) is 34.5 Å². The monoisotopic (exact) mass is 249 g/mol. The van der Waals surface area contributed by atoms with E-state index in [4.69, 9.17) is 10.4 Å². The van der Waals surface area contributed by atoms with Crippen molar-refractivity contribution in [2.24, 2.45) is 0 Å². The molecule has 0 aromatic heterocycles. The Bertz CT molecular complexity index is 509. The molecule has 18 heavy (non-hydrogen) atoms. The summed E-state index contributed by atoms with van der Waals surface area (Å²) in [5, 5.41) is 28.6. The maximum atomic E-state index is 10.8. The third-order valence-electron chi connectivity index (χ3n) is 2.38. The topological polar surface area (TPSA) is 107 Å². The first-order valence-corrected chi connectivity index (χ1v) is 5.02. The van der Waals surface area contributed by atoms with Crippen LogP contribution in [0.3, 0.4) is 0 Å². The van der Waals surface area contributed by atoms with Gasteiger partial charge in [-0.3, -0.25) is 19.8 Å². The van der Waals surface area contributed by atoms with Crippen LogP contribution in [0.4, 0.5) is 5.69 Å². The number of likely N-dealkylation sites (N-methyl/N-ethyl adjacent to an activating group) is 1. The molecular formula is C11H11N3O4. The Hall–Kier alpha value is -2.46. The van der Waals surface area contributed by atoms with Gasteiger partial charge >= 0.3 is 5.97 Å². The summed E-state index contributed by atoms with van der Waals surface area (Å²) in [6, 6.07) is 6.71. The molecule has 0 saturated heterocycles. The molecule has 0 saturated carbocycles. The van der Waals surface area contributed by atoms with E-state index in [0.717, 1.165) is 0 Å². The number of benzene rings is 1. The van der Waals surface area contributed by atoms with E-state index in [9.17, 15) is 14.9 Å². The van der Waals surface area contributed by atoms with Crippen LogP contribution < -0.4 is 0 Å². The van der Waals surface area contributed by atoms with Crippen LogP contribution in [0.5, 0.6) is 0 Å². The maximum absolute atomic E-state index is 10.8. The molecule has 0 spiro atoms. The van der Waals surface area contributed by atoms with Crippen LogP contribution in [0.25, 0.3) is 0 Å². The van der Waals surface area contributed by atoms with Gasteiger partial charge < -0.3 is 5.11 Å². The second-order valence-electron chi connectivity index (χ2n) is 3.66. The maximum Gasteiger partial charge on any atom is 0.317 e. The fourth-order valence-corrected chi connectivity index (χ4v) is 1.60. The summed E-state index contributed by atoms with van der Waals surface area (Å²) >= 11 is 0. The normalized spacial score (nSPS) is 11.8. The first kappa shape index (κ1) is 13.6. The zero-order chi connectivity index (χ0) is 13.7. The molecule has 1 unspecified atom stereocenters. The van der Waals surface area contributed by atoms with Crippen molar-refractivity contribution in [2.75, 3.05) is 13.6 Å². The van der Waals surface area contributed by atoms with Gasteiger partial charge in [0.1, 0.15) is 6.04 Å². The van der Waals surface area contributed by atoms with Gasteiger partial charge in [-0.15, -0.1) is 0 Å². The molecule has 1 rings (SSSR count). The highest BCUT2D eigenvalue weighted by atomic mass is 16.6. The number of carbonyl (C=O) groups is 1. The Morgan fingerprint density at radius 1 is 1.61 bits per heavy atom. The third-order valence-corrected chi connectivity index (χ3v) is 2.38. The van der Waals surface area contributed by atoms with E-state index in [2.05, 4.69) is 0 Å². The number of hydrogen-bond acceptors (Lipinski definition) is 5. The van der Waals surface area contributed by atoms with Gasteiger partial charge in [0.05, 0.1) is 23.1 Å². The van der Waals surface area contributed by atoms with Crippen molar-refractivity contribution in [1.82, 2.24) is 4.90 Å². The number of hydrogen-bond donors (Lipinski definition) is 1. The van der Waals surface area contributed by atoms with Gasteiger partial charge in [-0.05, 0) is 13.1 Å². The molecule has 0 bridgehead atoms. The van der Waals surface area contributed by atoms with Crippen LogP contribution in [0, 0.1) is 21.4 Å². The fraction of sp³-hybridized carbons (Fsp3) is 0.273. The Morgan fingerprint density at radius 2 is 2.22 bits per heavy atom. The quantitative estimate of drug-likeness (QED) is 0.620. The molecule has 0 fully saturated rings. The summed E-state index contributed by atoms with van der Waals surface area (Å²) in [5.41, 5.74) is -0.00459. The molecule has 1 aromatic rings. The summed E-state index contributed by atoms with van der Waals surface area (Å²) in [7, 11) is 1.43. The number of nitriles is 1. The number of carboxylic acids is 1. The second-order valence-corrected chi connectivity index (χ2v) is 3.66.